The van der Waals surface area contributed by atoms with Gasteiger partial charge in [0.05, 0.1) is 6.42 Å². The van der Waals surface area contributed by atoms with Crippen molar-refractivity contribution in [3.8, 4) is 0 Å². The quantitative estimate of drug-likeness (QED) is 0.321. The Kier molecular flexibility index (Phi) is 6.51. The molecule has 0 aliphatic heterocycles. The molecule has 0 aromatic heterocycles. The lowest BCUT2D eigenvalue weighted by atomic mass is 10.3. The predicted octanol–water partition coefficient (Wildman–Crippen LogP) is 0.544. The number of Topliss-reactive ketones (excluding diaryl/α,β-unsaturated/α-hetero) is 1. The normalized spacial score (nSPS) is 10.2. The highest BCUT2D eigenvalue weighted by molar-refractivity contribution is 5.92. The van der Waals surface area contributed by atoms with Crippen molar-refractivity contribution in [2.45, 2.75) is 26.6 Å². The lowest BCUT2D eigenvalue weighted by Crippen LogP contribution is -2.27. The number of ether oxygens (including phenoxy) is 2. The Hall–Kier alpha value is -0.740. The highest BCUT2D eigenvalue weighted by Gasteiger charge is 2.17. The fourth-order valence-electron chi connectivity index (χ4n) is 0.715. The summed E-state index contributed by atoms with van der Waals surface area (Å²) in [5.74, 6) is -0.325. The SMILES string of the molecule is CCOC(OCC)C(=O)CC=O. The largest absolute Gasteiger partial charge is 0.346 e. The van der Waals surface area contributed by atoms with E-state index in [2.05, 4.69) is 0 Å². The van der Waals surface area contributed by atoms with Crippen LogP contribution in [-0.4, -0.2) is 31.6 Å². The summed E-state index contributed by atoms with van der Waals surface area (Å²) in [6.07, 6.45) is -0.469. The first-order chi connectivity index (χ1) is 5.76. The second kappa shape index (κ2) is 6.94. The molecule has 0 radical (unpaired) electrons. The second-order valence-electron chi connectivity index (χ2n) is 2.08. The second-order valence-corrected chi connectivity index (χ2v) is 2.08. The van der Waals surface area contributed by atoms with E-state index in [0.717, 1.165) is 0 Å². The van der Waals surface area contributed by atoms with Gasteiger partial charge in [-0.15, -0.1) is 0 Å². The fraction of sp³-hybridized carbons (Fsp3) is 0.750. The lowest BCUT2D eigenvalue weighted by molar-refractivity contribution is -0.167. The summed E-state index contributed by atoms with van der Waals surface area (Å²) in [4.78, 5) is 21.0. The molecule has 0 unspecified atom stereocenters. The highest BCUT2D eigenvalue weighted by atomic mass is 16.7. The molecule has 0 aromatic carbocycles. The molecule has 12 heavy (non-hydrogen) atoms. The molecule has 0 aromatic rings. The zero-order chi connectivity index (χ0) is 9.40. The summed E-state index contributed by atoms with van der Waals surface area (Å²) < 4.78 is 9.93. The highest BCUT2D eigenvalue weighted by Crippen LogP contribution is 1.98. The van der Waals surface area contributed by atoms with Crippen molar-refractivity contribution in [1.29, 1.82) is 0 Å². The molecule has 0 bridgehead atoms. The van der Waals surface area contributed by atoms with Crippen molar-refractivity contribution in [3.05, 3.63) is 0 Å². The van der Waals surface area contributed by atoms with E-state index in [9.17, 15) is 9.59 Å². The number of carbonyl (C=O) groups excluding carboxylic acids is 2. The average Bonchev–Trinajstić information content (AvgIpc) is 2.04. The van der Waals surface area contributed by atoms with Crippen molar-refractivity contribution >= 4 is 12.1 Å². The van der Waals surface area contributed by atoms with Crippen LogP contribution < -0.4 is 0 Å². The van der Waals surface area contributed by atoms with Crippen molar-refractivity contribution in [2.24, 2.45) is 0 Å². The molecular formula is C8H14O4. The lowest BCUT2D eigenvalue weighted by Gasteiger charge is -2.13. The van der Waals surface area contributed by atoms with Crippen molar-refractivity contribution in [1.82, 2.24) is 0 Å². The Labute approximate surface area is 71.8 Å². The summed E-state index contributed by atoms with van der Waals surface area (Å²) in [6, 6.07) is 0. The van der Waals surface area contributed by atoms with Crippen LogP contribution in [-0.2, 0) is 19.1 Å². The van der Waals surface area contributed by atoms with Gasteiger partial charge in [0.2, 0.25) is 6.29 Å². The van der Waals surface area contributed by atoms with Crippen LogP contribution in [0.15, 0.2) is 0 Å². The molecule has 4 nitrogen and oxygen atoms in total. The third-order valence-electron chi connectivity index (χ3n) is 1.18. The molecule has 0 heterocycles. The number of hydrogen-bond acceptors (Lipinski definition) is 4. The first-order valence-corrected chi connectivity index (χ1v) is 3.95. The molecule has 0 atom stereocenters. The zero-order valence-corrected chi connectivity index (χ0v) is 7.41. The van der Waals surface area contributed by atoms with E-state index >= 15 is 0 Å². The van der Waals surface area contributed by atoms with Gasteiger partial charge in [0.15, 0.2) is 5.78 Å². The predicted molar refractivity (Wildman–Crippen MR) is 42.7 cm³/mol. The van der Waals surface area contributed by atoms with Crippen molar-refractivity contribution in [2.75, 3.05) is 13.2 Å². The first kappa shape index (κ1) is 11.3. The van der Waals surface area contributed by atoms with Gasteiger partial charge in [-0.3, -0.25) is 4.79 Å². The van der Waals surface area contributed by atoms with E-state index in [1.165, 1.54) is 0 Å². The van der Waals surface area contributed by atoms with E-state index < -0.39 is 6.29 Å². The van der Waals surface area contributed by atoms with Crippen LogP contribution in [0.5, 0.6) is 0 Å². The van der Waals surface area contributed by atoms with Gasteiger partial charge in [-0.2, -0.15) is 0 Å². The van der Waals surface area contributed by atoms with Crippen LogP contribution in [0.3, 0.4) is 0 Å². The summed E-state index contributed by atoms with van der Waals surface area (Å²) >= 11 is 0. The number of rotatable bonds is 7. The maximum atomic E-state index is 11.0. The molecule has 4 heteroatoms. The maximum Gasteiger partial charge on any atom is 0.218 e. The Bertz CT molecular complexity index is 138. The summed E-state index contributed by atoms with van der Waals surface area (Å²) in [5.41, 5.74) is 0. The first-order valence-electron chi connectivity index (χ1n) is 3.95. The van der Waals surface area contributed by atoms with Gasteiger partial charge < -0.3 is 14.3 Å². The standard InChI is InChI=1S/C8H14O4/c1-3-11-8(12-4-2)7(10)5-6-9/h6,8H,3-5H2,1-2H3. The molecule has 0 N–H and O–H groups in total. The van der Waals surface area contributed by atoms with Crippen LogP contribution >= 0.6 is 0 Å². The molecule has 0 fully saturated rings. The van der Waals surface area contributed by atoms with Gasteiger partial charge in [0, 0.05) is 13.2 Å². The molecule has 0 amide bonds. The molecule has 0 aliphatic carbocycles. The Morgan fingerprint density at radius 3 is 2.17 bits per heavy atom. The van der Waals surface area contributed by atoms with E-state index in [0.29, 0.717) is 19.5 Å². The third kappa shape index (κ3) is 4.20. The third-order valence-corrected chi connectivity index (χ3v) is 1.18. The van der Waals surface area contributed by atoms with Gasteiger partial charge in [0.25, 0.3) is 0 Å². The average molecular weight is 174 g/mol. The van der Waals surface area contributed by atoms with Gasteiger partial charge in [-0.1, -0.05) is 0 Å². The van der Waals surface area contributed by atoms with Crippen LogP contribution in [0.25, 0.3) is 0 Å². The summed E-state index contributed by atoms with van der Waals surface area (Å²) in [6.45, 7) is 4.32. The topological polar surface area (TPSA) is 52.6 Å². The zero-order valence-electron chi connectivity index (χ0n) is 7.41. The maximum absolute atomic E-state index is 11.0. The molecule has 0 aliphatic rings. The minimum Gasteiger partial charge on any atom is -0.346 e. The molecule has 0 saturated heterocycles. The van der Waals surface area contributed by atoms with Gasteiger partial charge in [0.1, 0.15) is 6.29 Å². The van der Waals surface area contributed by atoms with E-state index in [-0.39, 0.29) is 12.2 Å². The number of hydrogen-bond donors (Lipinski definition) is 0. The molecule has 0 spiro atoms. The van der Waals surface area contributed by atoms with E-state index in [1.54, 1.807) is 13.8 Å². The smallest absolute Gasteiger partial charge is 0.218 e. The van der Waals surface area contributed by atoms with E-state index in [1.807, 2.05) is 0 Å². The van der Waals surface area contributed by atoms with Crippen LogP contribution in [0.1, 0.15) is 20.3 Å². The summed E-state index contributed by atoms with van der Waals surface area (Å²) in [5, 5.41) is 0. The van der Waals surface area contributed by atoms with Crippen LogP contribution in [0, 0.1) is 0 Å². The van der Waals surface area contributed by atoms with Gasteiger partial charge in [-0.05, 0) is 13.8 Å². The Balaban J connectivity index is 3.89. The van der Waals surface area contributed by atoms with E-state index in [4.69, 9.17) is 9.47 Å². The molecule has 70 valence electrons. The van der Waals surface area contributed by atoms with Gasteiger partial charge >= 0.3 is 0 Å². The fourth-order valence-corrected chi connectivity index (χ4v) is 0.715. The minimum absolute atomic E-state index is 0.148. The van der Waals surface area contributed by atoms with Crippen LogP contribution in [0.4, 0.5) is 0 Å². The molecule has 0 rings (SSSR count). The minimum atomic E-state index is -0.870. The van der Waals surface area contributed by atoms with Crippen molar-refractivity contribution < 1.29 is 19.1 Å². The van der Waals surface area contributed by atoms with Crippen molar-refractivity contribution in [3.63, 3.8) is 0 Å². The number of carbonyl (C=O) groups is 2. The number of ketones is 1. The van der Waals surface area contributed by atoms with Gasteiger partial charge in [-0.25, -0.2) is 0 Å². The van der Waals surface area contributed by atoms with Crippen LogP contribution in [0.2, 0.25) is 0 Å². The Morgan fingerprint density at radius 1 is 1.33 bits per heavy atom. The number of aldehydes is 1. The molecular weight excluding hydrogens is 160 g/mol. The monoisotopic (exact) mass is 174 g/mol. The summed E-state index contributed by atoms with van der Waals surface area (Å²) in [7, 11) is 0. The Morgan fingerprint density at radius 2 is 1.83 bits per heavy atom. The molecule has 0 saturated carbocycles.